The standard InChI is InChI=1S/C14H18N2O3S/c1-10(2)13(9-17)16-20(18,19)14-7-3-6-12-11(14)5-4-8-15-12/h3-8,10,13,16-17H,9H2,1-2H3/t13-/m1/s1. The van der Waals surface area contributed by atoms with Crippen molar-refractivity contribution < 1.29 is 13.5 Å². The summed E-state index contributed by atoms with van der Waals surface area (Å²) in [7, 11) is -3.69. The van der Waals surface area contributed by atoms with E-state index in [0.717, 1.165) is 0 Å². The SMILES string of the molecule is CC(C)[C@@H](CO)NS(=O)(=O)c1cccc2ncccc12. The van der Waals surface area contributed by atoms with Crippen molar-refractivity contribution in [2.75, 3.05) is 6.61 Å². The van der Waals surface area contributed by atoms with Gasteiger partial charge >= 0.3 is 0 Å². The Balaban J connectivity index is 2.47. The van der Waals surface area contributed by atoms with Crippen LogP contribution < -0.4 is 4.72 Å². The largest absolute Gasteiger partial charge is 0.395 e. The first-order valence-electron chi connectivity index (χ1n) is 6.42. The van der Waals surface area contributed by atoms with Crippen LogP contribution in [0, 0.1) is 5.92 Å². The summed E-state index contributed by atoms with van der Waals surface area (Å²) in [6.07, 6.45) is 1.62. The minimum Gasteiger partial charge on any atom is -0.395 e. The van der Waals surface area contributed by atoms with E-state index in [1.165, 1.54) is 0 Å². The molecule has 1 aromatic carbocycles. The summed E-state index contributed by atoms with van der Waals surface area (Å²) in [5, 5.41) is 9.85. The summed E-state index contributed by atoms with van der Waals surface area (Å²) < 4.78 is 27.5. The molecule has 1 aromatic heterocycles. The second kappa shape index (κ2) is 5.87. The van der Waals surface area contributed by atoms with Gasteiger partial charge in [0, 0.05) is 17.6 Å². The highest BCUT2D eigenvalue weighted by molar-refractivity contribution is 7.89. The molecule has 0 aliphatic heterocycles. The molecule has 108 valence electrons. The number of benzene rings is 1. The topological polar surface area (TPSA) is 79.3 Å². The summed E-state index contributed by atoms with van der Waals surface area (Å²) in [5.74, 6) is 0.00266. The summed E-state index contributed by atoms with van der Waals surface area (Å²) in [4.78, 5) is 4.33. The lowest BCUT2D eigenvalue weighted by atomic mass is 10.1. The van der Waals surface area contributed by atoms with E-state index in [9.17, 15) is 13.5 Å². The molecule has 0 bridgehead atoms. The van der Waals surface area contributed by atoms with E-state index in [0.29, 0.717) is 10.9 Å². The predicted molar refractivity (Wildman–Crippen MR) is 77.8 cm³/mol. The van der Waals surface area contributed by atoms with E-state index in [-0.39, 0.29) is 17.4 Å². The van der Waals surface area contributed by atoms with Crippen molar-refractivity contribution in [2.24, 2.45) is 5.92 Å². The first-order chi connectivity index (χ1) is 9.45. The Bertz CT molecular complexity index is 693. The van der Waals surface area contributed by atoms with Gasteiger partial charge in [-0.15, -0.1) is 0 Å². The van der Waals surface area contributed by atoms with Gasteiger partial charge in [-0.2, -0.15) is 0 Å². The Hall–Kier alpha value is -1.50. The van der Waals surface area contributed by atoms with Crippen LogP contribution >= 0.6 is 0 Å². The first-order valence-corrected chi connectivity index (χ1v) is 7.91. The predicted octanol–water partition coefficient (Wildman–Crippen LogP) is 1.53. The molecular formula is C14H18N2O3S. The fraction of sp³-hybridized carbons (Fsp3) is 0.357. The minimum absolute atomic E-state index is 0.00266. The number of aliphatic hydroxyl groups is 1. The molecule has 5 nitrogen and oxygen atoms in total. The lowest BCUT2D eigenvalue weighted by Crippen LogP contribution is -2.41. The second-order valence-electron chi connectivity index (χ2n) is 4.98. The minimum atomic E-state index is -3.69. The van der Waals surface area contributed by atoms with Gasteiger partial charge in [0.15, 0.2) is 0 Å². The maximum atomic E-state index is 12.5. The molecule has 0 radical (unpaired) electrons. The van der Waals surface area contributed by atoms with E-state index >= 15 is 0 Å². The van der Waals surface area contributed by atoms with Crippen LogP contribution in [0.5, 0.6) is 0 Å². The highest BCUT2D eigenvalue weighted by atomic mass is 32.2. The van der Waals surface area contributed by atoms with Gasteiger partial charge in [0.25, 0.3) is 0 Å². The number of hydrogen-bond acceptors (Lipinski definition) is 4. The first kappa shape index (κ1) is 14.9. The third-order valence-electron chi connectivity index (χ3n) is 3.20. The van der Waals surface area contributed by atoms with Crippen molar-refractivity contribution in [3.8, 4) is 0 Å². The zero-order chi connectivity index (χ0) is 14.8. The maximum Gasteiger partial charge on any atom is 0.241 e. The molecule has 0 fully saturated rings. The average molecular weight is 294 g/mol. The van der Waals surface area contributed by atoms with E-state index in [2.05, 4.69) is 9.71 Å². The third-order valence-corrected chi connectivity index (χ3v) is 4.75. The zero-order valence-electron chi connectivity index (χ0n) is 11.4. The second-order valence-corrected chi connectivity index (χ2v) is 6.66. The number of hydrogen-bond donors (Lipinski definition) is 2. The number of pyridine rings is 1. The monoisotopic (exact) mass is 294 g/mol. The van der Waals surface area contributed by atoms with Crippen LogP contribution in [0.15, 0.2) is 41.4 Å². The van der Waals surface area contributed by atoms with Crippen LogP contribution in [0.4, 0.5) is 0 Å². The molecule has 2 N–H and O–H groups in total. The Morgan fingerprint density at radius 2 is 2.00 bits per heavy atom. The highest BCUT2D eigenvalue weighted by Gasteiger charge is 2.23. The molecule has 0 spiro atoms. The highest BCUT2D eigenvalue weighted by Crippen LogP contribution is 2.21. The molecule has 0 saturated carbocycles. The average Bonchev–Trinajstić information content (AvgIpc) is 2.43. The van der Waals surface area contributed by atoms with Gasteiger partial charge in [0.2, 0.25) is 10.0 Å². The van der Waals surface area contributed by atoms with Crippen molar-refractivity contribution in [1.82, 2.24) is 9.71 Å². The number of nitrogens with one attached hydrogen (secondary N) is 1. The number of aliphatic hydroxyl groups excluding tert-OH is 1. The lowest BCUT2D eigenvalue weighted by Gasteiger charge is -2.20. The summed E-state index contributed by atoms with van der Waals surface area (Å²) in [6, 6.07) is 7.88. The fourth-order valence-electron chi connectivity index (χ4n) is 1.96. The number of aromatic nitrogens is 1. The van der Waals surface area contributed by atoms with Crippen LogP contribution in [0.25, 0.3) is 10.9 Å². The molecule has 1 heterocycles. The van der Waals surface area contributed by atoms with E-state index in [1.807, 2.05) is 13.8 Å². The zero-order valence-corrected chi connectivity index (χ0v) is 12.3. The Morgan fingerprint density at radius 1 is 1.25 bits per heavy atom. The van der Waals surface area contributed by atoms with Crippen molar-refractivity contribution in [3.63, 3.8) is 0 Å². The molecule has 0 aliphatic rings. The Kier molecular flexibility index (Phi) is 4.37. The van der Waals surface area contributed by atoms with E-state index in [4.69, 9.17) is 0 Å². The van der Waals surface area contributed by atoms with Crippen molar-refractivity contribution in [1.29, 1.82) is 0 Å². The summed E-state index contributed by atoms with van der Waals surface area (Å²) in [5.41, 5.74) is 0.625. The van der Waals surface area contributed by atoms with Gasteiger partial charge in [0.1, 0.15) is 0 Å². The quantitative estimate of drug-likeness (QED) is 0.876. The molecule has 2 aromatic rings. The van der Waals surface area contributed by atoms with Crippen LogP contribution in [0.2, 0.25) is 0 Å². The molecule has 6 heteroatoms. The van der Waals surface area contributed by atoms with Gasteiger partial charge in [-0.3, -0.25) is 4.98 Å². The van der Waals surface area contributed by atoms with Crippen LogP contribution in [0.3, 0.4) is 0 Å². The molecular weight excluding hydrogens is 276 g/mol. The number of sulfonamides is 1. The Morgan fingerprint density at radius 3 is 2.65 bits per heavy atom. The van der Waals surface area contributed by atoms with Gasteiger partial charge in [-0.1, -0.05) is 19.9 Å². The fourth-order valence-corrected chi connectivity index (χ4v) is 3.55. The van der Waals surface area contributed by atoms with Crippen molar-refractivity contribution in [3.05, 3.63) is 36.5 Å². The number of rotatable bonds is 5. The normalized spacial score (nSPS) is 13.8. The summed E-state index contributed by atoms with van der Waals surface area (Å²) >= 11 is 0. The molecule has 1 atom stereocenters. The molecule has 0 aliphatic carbocycles. The molecule has 2 rings (SSSR count). The van der Waals surface area contributed by atoms with Gasteiger partial charge in [0.05, 0.1) is 17.0 Å². The molecule has 20 heavy (non-hydrogen) atoms. The van der Waals surface area contributed by atoms with Gasteiger partial charge in [-0.25, -0.2) is 13.1 Å². The van der Waals surface area contributed by atoms with E-state index < -0.39 is 16.1 Å². The van der Waals surface area contributed by atoms with Gasteiger partial charge in [-0.05, 0) is 30.2 Å². The van der Waals surface area contributed by atoms with E-state index in [1.54, 1.807) is 36.5 Å². The van der Waals surface area contributed by atoms with Crippen LogP contribution in [-0.4, -0.2) is 31.2 Å². The third kappa shape index (κ3) is 2.98. The van der Waals surface area contributed by atoms with Crippen LogP contribution in [-0.2, 0) is 10.0 Å². The van der Waals surface area contributed by atoms with Crippen LogP contribution in [0.1, 0.15) is 13.8 Å². The Labute approximate surface area is 118 Å². The van der Waals surface area contributed by atoms with Crippen molar-refractivity contribution >= 4 is 20.9 Å². The molecule has 0 amide bonds. The lowest BCUT2D eigenvalue weighted by molar-refractivity contribution is 0.228. The van der Waals surface area contributed by atoms with Crippen molar-refractivity contribution in [2.45, 2.75) is 24.8 Å². The molecule has 0 unspecified atom stereocenters. The number of nitrogens with zero attached hydrogens (tertiary/aromatic N) is 1. The summed E-state index contributed by atoms with van der Waals surface area (Å²) in [6.45, 7) is 3.47. The maximum absolute atomic E-state index is 12.5. The van der Waals surface area contributed by atoms with Gasteiger partial charge < -0.3 is 5.11 Å². The molecule has 0 saturated heterocycles. The smallest absolute Gasteiger partial charge is 0.241 e. The number of fused-ring (bicyclic) bond motifs is 1.